The van der Waals surface area contributed by atoms with Crippen LogP contribution < -0.4 is 4.74 Å². The number of benzene rings is 1. The van der Waals surface area contributed by atoms with E-state index < -0.39 is 17.4 Å². The largest absolute Gasteiger partial charge is 0.497 e. The van der Waals surface area contributed by atoms with E-state index in [2.05, 4.69) is 19.9 Å². The molecule has 0 amide bonds. The van der Waals surface area contributed by atoms with E-state index in [0.29, 0.717) is 12.8 Å². The molecule has 2 aliphatic rings. The minimum Gasteiger partial charge on any atom is -0.497 e. The fourth-order valence-electron chi connectivity index (χ4n) is 4.41. The van der Waals surface area contributed by atoms with Crippen molar-refractivity contribution in [3.05, 3.63) is 34.9 Å². The predicted octanol–water partition coefficient (Wildman–Crippen LogP) is 3.11. The number of esters is 2. The van der Waals surface area contributed by atoms with Crippen molar-refractivity contribution in [1.29, 1.82) is 0 Å². The summed E-state index contributed by atoms with van der Waals surface area (Å²) in [7, 11) is 4.27. The van der Waals surface area contributed by atoms with E-state index in [1.165, 1.54) is 14.2 Å². The second-order valence-electron chi connectivity index (χ2n) is 7.39. The second-order valence-corrected chi connectivity index (χ2v) is 7.39. The number of fused-ring (bicyclic) bond motifs is 2. The Hall–Kier alpha value is -2.30. The van der Waals surface area contributed by atoms with Crippen LogP contribution in [0.5, 0.6) is 5.75 Å². The molecule has 5 heteroatoms. The van der Waals surface area contributed by atoms with E-state index in [1.807, 2.05) is 18.2 Å². The van der Waals surface area contributed by atoms with Gasteiger partial charge in [0.25, 0.3) is 0 Å². The lowest BCUT2D eigenvalue weighted by atomic mass is 9.66. The molecule has 0 heterocycles. The topological polar surface area (TPSA) is 61.8 Å². The van der Waals surface area contributed by atoms with Gasteiger partial charge in [-0.05, 0) is 47.4 Å². The van der Waals surface area contributed by atoms with E-state index in [0.717, 1.165) is 22.4 Å². The van der Waals surface area contributed by atoms with Gasteiger partial charge in [0.1, 0.15) is 5.75 Å². The summed E-state index contributed by atoms with van der Waals surface area (Å²) in [6.07, 6.45) is 2.83. The summed E-state index contributed by atoms with van der Waals surface area (Å²) in [6.45, 7) is 4.29. The summed E-state index contributed by atoms with van der Waals surface area (Å²) in [5.41, 5.74) is 1.86. The molecule has 1 atom stereocenters. The minimum absolute atomic E-state index is 0.0605. The molecule has 0 aromatic heterocycles. The third-order valence-corrected chi connectivity index (χ3v) is 5.83. The van der Waals surface area contributed by atoms with Crippen LogP contribution in [0.15, 0.2) is 23.8 Å². The van der Waals surface area contributed by atoms with Crippen molar-refractivity contribution in [3.63, 3.8) is 0 Å². The van der Waals surface area contributed by atoms with Gasteiger partial charge in [-0.3, -0.25) is 9.59 Å². The van der Waals surface area contributed by atoms with Gasteiger partial charge in [0.15, 0.2) is 5.41 Å². The Morgan fingerprint density at radius 1 is 1.08 bits per heavy atom. The Labute approximate surface area is 148 Å². The first-order valence-electron chi connectivity index (χ1n) is 8.36. The molecule has 1 unspecified atom stereocenters. The summed E-state index contributed by atoms with van der Waals surface area (Å²) >= 11 is 0. The third kappa shape index (κ3) is 2.44. The fourth-order valence-corrected chi connectivity index (χ4v) is 4.41. The highest BCUT2D eigenvalue weighted by atomic mass is 16.5. The average Bonchev–Trinajstić information content (AvgIpc) is 3.02. The number of allylic oxidation sites excluding steroid dienone is 1. The van der Waals surface area contributed by atoms with Gasteiger partial charge in [0, 0.05) is 0 Å². The monoisotopic (exact) mass is 344 g/mol. The van der Waals surface area contributed by atoms with Crippen LogP contribution in [-0.2, 0) is 24.5 Å². The molecule has 2 aliphatic carbocycles. The van der Waals surface area contributed by atoms with Crippen LogP contribution in [0, 0.1) is 11.3 Å². The molecule has 3 rings (SSSR count). The van der Waals surface area contributed by atoms with Gasteiger partial charge < -0.3 is 14.2 Å². The highest BCUT2D eigenvalue weighted by Crippen LogP contribution is 2.57. The van der Waals surface area contributed by atoms with Crippen LogP contribution in [-0.4, -0.2) is 33.3 Å². The Kier molecular flexibility index (Phi) is 4.13. The molecule has 0 radical (unpaired) electrons. The van der Waals surface area contributed by atoms with Crippen molar-refractivity contribution in [2.75, 3.05) is 21.3 Å². The summed E-state index contributed by atoms with van der Waals surface area (Å²) in [5, 5.41) is 0. The van der Waals surface area contributed by atoms with Crippen molar-refractivity contribution in [2.45, 2.75) is 32.1 Å². The van der Waals surface area contributed by atoms with E-state index in [4.69, 9.17) is 14.2 Å². The van der Waals surface area contributed by atoms with Gasteiger partial charge in [-0.25, -0.2) is 0 Å². The Morgan fingerprint density at radius 2 is 1.72 bits per heavy atom. The first kappa shape index (κ1) is 17.5. The smallest absolute Gasteiger partial charge is 0.323 e. The molecule has 0 saturated heterocycles. The van der Waals surface area contributed by atoms with Gasteiger partial charge in [-0.2, -0.15) is 0 Å². The quantitative estimate of drug-likeness (QED) is 0.623. The van der Waals surface area contributed by atoms with Gasteiger partial charge in [-0.1, -0.05) is 31.6 Å². The first-order valence-corrected chi connectivity index (χ1v) is 8.36. The highest BCUT2D eigenvalue weighted by Gasteiger charge is 2.59. The number of hydrogen-bond acceptors (Lipinski definition) is 5. The molecule has 0 aliphatic heterocycles. The number of rotatable bonds is 3. The van der Waals surface area contributed by atoms with Crippen LogP contribution >= 0.6 is 0 Å². The third-order valence-electron chi connectivity index (χ3n) is 5.83. The van der Waals surface area contributed by atoms with Gasteiger partial charge >= 0.3 is 11.9 Å². The van der Waals surface area contributed by atoms with E-state index in [-0.39, 0.29) is 11.3 Å². The molecule has 5 nitrogen and oxygen atoms in total. The number of ether oxygens (including phenoxy) is 3. The molecule has 0 bridgehead atoms. The zero-order chi connectivity index (χ0) is 18.4. The number of methoxy groups -OCH3 is 3. The summed E-state index contributed by atoms with van der Waals surface area (Å²) in [4.78, 5) is 25.0. The van der Waals surface area contributed by atoms with Crippen molar-refractivity contribution < 1.29 is 23.8 Å². The van der Waals surface area contributed by atoms with Crippen LogP contribution in [0.25, 0.3) is 6.08 Å². The SMILES string of the molecule is COC(=O)C1(C(=O)OC)CC2=Cc3ccc(OC)cc3C(C)(C)C2C1. The Morgan fingerprint density at radius 3 is 2.28 bits per heavy atom. The maximum Gasteiger partial charge on any atom is 0.323 e. The normalized spacial score (nSPS) is 22.3. The van der Waals surface area contributed by atoms with E-state index in [9.17, 15) is 9.59 Å². The molecular formula is C20H24O5. The van der Waals surface area contributed by atoms with Crippen LogP contribution in [0.4, 0.5) is 0 Å². The molecule has 1 saturated carbocycles. The average molecular weight is 344 g/mol. The minimum atomic E-state index is -1.26. The first-order chi connectivity index (χ1) is 11.8. The number of carbonyl (C=O) groups is 2. The summed E-state index contributed by atoms with van der Waals surface area (Å²) in [5.74, 6) is -0.182. The van der Waals surface area contributed by atoms with Crippen LogP contribution in [0.3, 0.4) is 0 Å². The van der Waals surface area contributed by atoms with Crippen LogP contribution in [0.1, 0.15) is 37.8 Å². The standard InChI is InChI=1S/C20H24O5/c1-19(2)15-9-14(23-3)7-6-12(15)8-13-10-20(11-16(13)19,17(21)24-4)18(22)25-5/h6-9,16H,10-11H2,1-5H3. The fraction of sp³-hybridized carbons (Fsp3) is 0.500. The second kappa shape index (κ2) is 5.90. The molecule has 0 spiro atoms. The van der Waals surface area contributed by atoms with Crippen molar-refractivity contribution in [3.8, 4) is 5.75 Å². The van der Waals surface area contributed by atoms with Gasteiger partial charge in [0.05, 0.1) is 21.3 Å². The van der Waals surface area contributed by atoms with Crippen molar-refractivity contribution in [2.24, 2.45) is 11.3 Å². The maximum absolute atomic E-state index is 12.5. The molecule has 25 heavy (non-hydrogen) atoms. The van der Waals surface area contributed by atoms with Gasteiger partial charge in [-0.15, -0.1) is 0 Å². The van der Waals surface area contributed by atoms with Crippen LogP contribution in [0.2, 0.25) is 0 Å². The van der Waals surface area contributed by atoms with Crippen molar-refractivity contribution in [1.82, 2.24) is 0 Å². The summed E-state index contributed by atoms with van der Waals surface area (Å²) in [6, 6.07) is 5.99. The molecule has 1 aromatic rings. The molecule has 1 aromatic carbocycles. The summed E-state index contributed by atoms with van der Waals surface area (Å²) < 4.78 is 15.3. The molecule has 0 N–H and O–H groups in total. The lowest BCUT2D eigenvalue weighted by Gasteiger charge is -2.38. The highest BCUT2D eigenvalue weighted by molar-refractivity contribution is 6.01. The lowest BCUT2D eigenvalue weighted by Crippen LogP contribution is -2.40. The van der Waals surface area contributed by atoms with Gasteiger partial charge in [0.2, 0.25) is 0 Å². The van der Waals surface area contributed by atoms with E-state index in [1.54, 1.807) is 7.11 Å². The Balaban J connectivity index is 2.10. The predicted molar refractivity (Wildman–Crippen MR) is 93.2 cm³/mol. The number of hydrogen-bond donors (Lipinski definition) is 0. The number of carbonyl (C=O) groups excluding carboxylic acids is 2. The molecule has 1 fully saturated rings. The molecular weight excluding hydrogens is 320 g/mol. The van der Waals surface area contributed by atoms with Crippen molar-refractivity contribution >= 4 is 18.0 Å². The van der Waals surface area contributed by atoms with E-state index >= 15 is 0 Å². The zero-order valence-corrected chi connectivity index (χ0v) is 15.3. The zero-order valence-electron chi connectivity index (χ0n) is 15.3. The Bertz CT molecular complexity index is 743. The molecule has 134 valence electrons. The maximum atomic E-state index is 12.5. The lowest BCUT2D eigenvalue weighted by molar-refractivity contribution is -0.168.